The summed E-state index contributed by atoms with van der Waals surface area (Å²) < 4.78 is 0. The fourth-order valence-corrected chi connectivity index (χ4v) is 1.49. The average Bonchev–Trinajstić information content (AvgIpc) is 2.10. The van der Waals surface area contributed by atoms with Crippen LogP contribution in [-0.4, -0.2) is 22.2 Å². The van der Waals surface area contributed by atoms with Crippen molar-refractivity contribution in [2.45, 2.75) is 18.9 Å². The van der Waals surface area contributed by atoms with Gasteiger partial charge in [0.05, 0.1) is 6.42 Å². The second kappa shape index (κ2) is 5.00. The van der Waals surface area contributed by atoms with Crippen molar-refractivity contribution in [3.05, 3.63) is 28.8 Å². The Bertz CT molecular complexity index is 368. The molecule has 0 aliphatic heterocycles. The number of aromatic hydroxyl groups is 1. The summed E-state index contributed by atoms with van der Waals surface area (Å²) in [7, 11) is 0. The van der Waals surface area contributed by atoms with Crippen LogP contribution < -0.4 is 5.73 Å². The molecule has 0 saturated carbocycles. The van der Waals surface area contributed by atoms with Crippen molar-refractivity contribution >= 4 is 17.6 Å². The van der Waals surface area contributed by atoms with Gasteiger partial charge in [0.1, 0.15) is 5.75 Å². The molecule has 0 aromatic heterocycles. The van der Waals surface area contributed by atoms with Crippen LogP contribution >= 0.6 is 11.6 Å². The summed E-state index contributed by atoms with van der Waals surface area (Å²) in [4.78, 5) is 10.4. The molecule has 0 aliphatic carbocycles. The first-order valence-corrected chi connectivity index (χ1v) is 4.81. The van der Waals surface area contributed by atoms with Gasteiger partial charge in [-0.15, -0.1) is 0 Å². The predicted octanol–water partition coefficient (Wildman–Crippen LogP) is 1.39. The van der Waals surface area contributed by atoms with E-state index < -0.39 is 12.0 Å². The van der Waals surface area contributed by atoms with Crippen molar-refractivity contribution in [1.29, 1.82) is 0 Å². The van der Waals surface area contributed by atoms with Crippen molar-refractivity contribution in [3.8, 4) is 5.75 Å². The summed E-state index contributed by atoms with van der Waals surface area (Å²) in [5.41, 5.74) is 6.16. The highest BCUT2D eigenvalue weighted by atomic mass is 35.5. The summed E-state index contributed by atoms with van der Waals surface area (Å²) in [6.45, 7) is 0. The summed E-state index contributed by atoms with van der Waals surface area (Å²) in [6.07, 6.45) is 0.157. The SMILES string of the molecule is NC(CC(=O)O)Cc1cc(Cl)ccc1O. The van der Waals surface area contributed by atoms with Gasteiger partial charge in [-0.1, -0.05) is 11.6 Å². The third-order valence-corrected chi connectivity index (χ3v) is 2.20. The molecule has 0 heterocycles. The Labute approximate surface area is 92.3 Å². The van der Waals surface area contributed by atoms with E-state index in [2.05, 4.69) is 0 Å². The molecular formula is C10H12ClNO3. The zero-order valence-electron chi connectivity index (χ0n) is 7.98. The summed E-state index contributed by atoms with van der Waals surface area (Å²) in [5, 5.41) is 18.5. The van der Waals surface area contributed by atoms with E-state index in [0.29, 0.717) is 17.0 Å². The molecule has 1 aromatic rings. The molecule has 0 saturated heterocycles. The van der Waals surface area contributed by atoms with Crippen LogP contribution in [-0.2, 0) is 11.2 Å². The molecule has 1 atom stereocenters. The Morgan fingerprint density at radius 3 is 2.80 bits per heavy atom. The number of nitrogens with two attached hydrogens (primary N) is 1. The number of aliphatic carboxylic acids is 1. The van der Waals surface area contributed by atoms with Crippen molar-refractivity contribution in [2.24, 2.45) is 5.73 Å². The molecule has 0 bridgehead atoms. The third kappa shape index (κ3) is 3.77. The van der Waals surface area contributed by atoms with E-state index in [1.165, 1.54) is 6.07 Å². The standard InChI is InChI=1S/C10H12ClNO3/c11-7-1-2-9(13)6(3-7)4-8(12)5-10(14)15/h1-3,8,13H,4-5,12H2,(H,14,15). The predicted molar refractivity (Wildman–Crippen MR) is 57.0 cm³/mol. The highest BCUT2D eigenvalue weighted by Gasteiger charge is 2.11. The Balaban J connectivity index is 2.71. The smallest absolute Gasteiger partial charge is 0.304 e. The van der Waals surface area contributed by atoms with Crippen LogP contribution in [0.3, 0.4) is 0 Å². The molecule has 1 rings (SSSR count). The fourth-order valence-electron chi connectivity index (χ4n) is 1.30. The minimum Gasteiger partial charge on any atom is -0.508 e. The van der Waals surface area contributed by atoms with Crippen LogP contribution in [0.1, 0.15) is 12.0 Å². The summed E-state index contributed by atoms with van der Waals surface area (Å²) in [6, 6.07) is 4.08. The third-order valence-electron chi connectivity index (χ3n) is 1.96. The number of hydrogen-bond donors (Lipinski definition) is 3. The van der Waals surface area contributed by atoms with Gasteiger partial charge in [-0.3, -0.25) is 4.79 Å². The van der Waals surface area contributed by atoms with E-state index in [4.69, 9.17) is 22.4 Å². The molecular weight excluding hydrogens is 218 g/mol. The Morgan fingerprint density at radius 2 is 2.20 bits per heavy atom. The maximum atomic E-state index is 10.4. The lowest BCUT2D eigenvalue weighted by Gasteiger charge is -2.10. The lowest BCUT2D eigenvalue weighted by atomic mass is 10.0. The number of hydrogen-bond acceptors (Lipinski definition) is 3. The highest BCUT2D eigenvalue weighted by Crippen LogP contribution is 2.22. The quantitative estimate of drug-likeness (QED) is 0.729. The lowest BCUT2D eigenvalue weighted by Crippen LogP contribution is -2.26. The monoisotopic (exact) mass is 229 g/mol. The van der Waals surface area contributed by atoms with Crippen molar-refractivity contribution in [3.63, 3.8) is 0 Å². The van der Waals surface area contributed by atoms with Crippen molar-refractivity contribution in [2.75, 3.05) is 0 Å². The van der Waals surface area contributed by atoms with E-state index >= 15 is 0 Å². The van der Waals surface area contributed by atoms with Gasteiger partial charge in [0.25, 0.3) is 0 Å². The average molecular weight is 230 g/mol. The van der Waals surface area contributed by atoms with E-state index in [9.17, 15) is 9.90 Å². The number of rotatable bonds is 4. The van der Waals surface area contributed by atoms with Crippen LogP contribution in [0, 0.1) is 0 Å². The molecule has 82 valence electrons. The van der Waals surface area contributed by atoms with Gasteiger partial charge in [-0.2, -0.15) is 0 Å². The van der Waals surface area contributed by atoms with Gasteiger partial charge in [-0.25, -0.2) is 0 Å². The zero-order chi connectivity index (χ0) is 11.4. The van der Waals surface area contributed by atoms with Gasteiger partial charge >= 0.3 is 5.97 Å². The van der Waals surface area contributed by atoms with Gasteiger partial charge in [0.15, 0.2) is 0 Å². The van der Waals surface area contributed by atoms with Crippen molar-refractivity contribution in [1.82, 2.24) is 0 Å². The van der Waals surface area contributed by atoms with E-state index in [-0.39, 0.29) is 12.2 Å². The van der Waals surface area contributed by atoms with Crippen LogP contribution in [0.4, 0.5) is 0 Å². The molecule has 0 aliphatic rings. The zero-order valence-corrected chi connectivity index (χ0v) is 8.74. The fraction of sp³-hybridized carbons (Fsp3) is 0.300. The highest BCUT2D eigenvalue weighted by molar-refractivity contribution is 6.30. The molecule has 5 heteroatoms. The van der Waals surface area contributed by atoms with Crippen LogP contribution in [0.2, 0.25) is 5.02 Å². The first kappa shape index (κ1) is 11.8. The molecule has 15 heavy (non-hydrogen) atoms. The molecule has 0 amide bonds. The second-order valence-corrected chi connectivity index (χ2v) is 3.77. The van der Waals surface area contributed by atoms with E-state index in [1.807, 2.05) is 0 Å². The maximum Gasteiger partial charge on any atom is 0.304 e. The second-order valence-electron chi connectivity index (χ2n) is 3.34. The molecule has 0 fully saturated rings. The molecule has 4 nitrogen and oxygen atoms in total. The molecule has 0 radical (unpaired) electrons. The summed E-state index contributed by atoms with van der Waals surface area (Å²) in [5.74, 6) is -0.871. The Morgan fingerprint density at radius 1 is 1.53 bits per heavy atom. The largest absolute Gasteiger partial charge is 0.508 e. The Kier molecular flexibility index (Phi) is 3.94. The van der Waals surface area contributed by atoms with Crippen LogP contribution in [0.5, 0.6) is 5.75 Å². The first-order valence-electron chi connectivity index (χ1n) is 4.44. The minimum absolute atomic E-state index is 0.0836. The maximum absolute atomic E-state index is 10.4. The van der Waals surface area contributed by atoms with Crippen LogP contribution in [0.15, 0.2) is 18.2 Å². The number of carbonyl (C=O) groups is 1. The molecule has 1 aromatic carbocycles. The number of benzene rings is 1. The van der Waals surface area contributed by atoms with Gasteiger partial charge in [0.2, 0.25) is 0 Å². The van der Waals surface area contributed by atoms with Gasteiger partial charge < -0.3 is 15.9 Å². The lowest BCUT2D eigenvalue weighted by molar-refractivity contribution is -0.137. The number of carboxylic acid groups (broad SMARTS) is 1. The van der Waals surface area contributed by atoms with Gasteiger partial charge in [-0.05, 0) is 30.2 Å². The molecule has 4 N–H and O–H groups in total. The number of halogens is 1. The van der Waals surface area contributed by atoms with Crippen molar-refractivity contribution < 1.29 is 15.0 Å². The summed E-state index contributed by atoms with van der Waals surface area (Å²) >= 11 is 5.74. The van der Waals surface area contributed by atoms with Crippen LogP contribution in [0.25, 0.3) is 0 Å². The topological polar surface area (TPSA) is 83.6 Å². The van der Waals surface area contributed by atoms with E-state index in [0.717, 1.165) is 0 Å². The normalized spacial score (nSPS) is 12.4. The number of carboxylic acids is 1. The minimum atomic E-state index is -0.955. The molecule has 1 unspecified atom stereocenters. The Hall–Kier alpha value is -1.26. The van der Waals surface area contributed by atoms with Gasteiger partial charge in [0, 0.05) is 11.1 Å². The number of phenolic OH excluding ortho intramolecular Hbond substituents is 1. The first-order chi connectivity index (χ1) is 6.99. The molecule has 0 spiro atoms. The number of phenols is 1. The van der Waals surface area contributed by atoms with E-state index in [1.54, 1.807) is 12.1 Å².